The van der Waals surface area contributed by atoms with Gasteiger partial charge in [0.15, 0.2) is 0 Å². The number of benzene rings is 2. The minimum absolute atomic E-state index is 0.124. The van der Waals surface area contributed by atoms with Gasteiger partial charge in [0.1, 0.15) is 11.5 Å². The Morgan fingerprint density at radius 3 is 2.61 bits per heavy atom. The van der Waals surface area contributed by atoms with E-state index in [4.69, 9.17) is 16.0 Å². The zero-order valence-electron chi connectivity index (χ0n) is 16.4. The van der Waals surface area contributed by atoms with Crippen LogP contribution in [0.2, 0.25) is 5.02 Å². The zero-order valence-corrected chi connectivity index (χ0v) is 18.0. The van der Waals surface area contributed by atoms with Crippen LogP contribution < -0.4 is 4.90 Å². The van der Waals surface area contributed by atoms with E-state index >= 15 is 0 Å². The van der Waals surface area contributed by atoms with Gasteiger partial charge in [-0.15, -0.1) is 0 Å². The Labute approximate surface area is 186 Å². The molecule has 1 fully saturated rings. The van der Waals surface area contributed by atoms with Crippen molar-refractivity contribution in [1.29, 1.82) is 0 Å². The normalized spacial score (nSPS) is 15.2. The van der Waals surface area contributed by atoms with Crippen molar-refractivity contribution in [3.8, 4) is 11.3 Å². The van der Waals surface area contributed by atoms with Crippen molar-refractivity contribution in [2.24, 2.45) is 0 Å². The summed E-state index contributed by atoms with van der Waals surface area (Å²) >= 11 is 6.99. The molecule has 0 saturated carbocycles. The molecule has 9 heteroatoms. The number of amides is 2. The summed E-state index contributed by atoms with van der Waals surface area (Å²) in [4.78, 5) is 37.2. The minimum Gasteiger partial charge on any atom is -0.457 e. The molecule has 2 amide bonds. The van der Waals surface area contributed by atoms with Crippen LogP contribution in [0.15, 0.2) is 57.9 Å². The van der Waals surface area contributed by atoms with Gasteiger partial charge in [0, 0.05) is 23.8 Å². The number of aryl methyl sites for hydroxylation is 1. The van der Waals surface area contributed by atoms with Gasteiger partial charge in [0.2, 0.25) is 0 Å². The maximum Gasteiger partial charge on any atom is 0.298 e. The highest BCUT2D eigenvalue weighted by molar-refractivity contribution is 8.19. The number of carbonyl (C=O) groups is 2. The molecular weight excluding hydrogens is 440 g/mol. The predicted molar refractivity (Wildman–Crippen MR) is 120 cm³/mol. The molecule has 0 bridgehead atoms. The lowest BCUT2D eigenvalue weighted by atomic mass is 10.1. The minimum atomic E-state index is -0.532. The van der Waals surface area contributed by atoms with Crippen LogP contribution in [0.1, 0.15) is 16.9 Å². The monoisotopic (exact) mass is 454 g/mol. The Balaban J connectivity index is 1.63. The standard InChI is InChI=1S/C22H15ClN2O5S/c1-12-4-3-5-18(13(12)2)24-21(26)20(31-22(24)27)11-15-7-9-19(30-15)16-8-6-14(25(28)29)10-17(16)23/h3-11H,1-2H3/b20-11+. The predicted octanol–water partition coefficient (Wildman–Crippen LogP) is 6.37. The van der Waals surface area contributed by atoms with E-state index in [9.17, 15) is 19.7 Å². The molecule has 156 valence electrons. The number of hydrogen-bond donors (Lipinski definition) is 0. The summed E-state index contributed by atoms with van der Waals surface area (Å²) < 4.78 is 5.75. The molecule has 7 nitrogen and oxygen atoms in total. The first-order valence-corrected chi connectivity index (χ1v) is 10.3. The van der Waals surface area contributed by atoms with Crippen molar-refractivity contribution in [2.75, 3.05) is 4.90 Å². The van der Waals surface area contributed by atoms with E-state index in [0.29, 0.717) is 22.8 Å². The Kier molecular flexibility index (Phi) is 5.43. The number of nitro groups is 1. The Morgan fingerprint density at radius 1 is 1.13 bits per heavy atom. The van der Waals surface area contributed by atoms with Gasteiger partial charge in [-0.05, 0) is 61.0 Å². The van der Waals surface area contributed by atoms with Gasteiger partial charge >= 0.3 is 0 Å². The fourth-order valence-electron chi connectivity index (χ4n) is 3.18. The number of hydrogen-bond acceptors (Lipinski definition) is 6. The summed E-state index contributed by atoms with van der Waals surface area (Å²) in [7, 11) is 0. The van der Waals surface area contributed by atoms with Crippen molar-refractivity contribution in [2.45, 2.75) is 13.8 Å². The lowest BCUT2D eigenvalue weighted by Gasteiger charge is -2.16. The van der Waals surface area contributed by atoms with Gasteiger partial charge in [0.05, 0.1) is 20.5 Å². The first-order chi connectivity index (χ1) is 14.8. The van der Waals surface area contributed by atoms with E-state index in [2.05, 4.69) is 0 Å². The van der Waals surface area contributed by atoms with E-state index in [0.717, 1.165) is 27.8 Å². The molecule has 1 aliphatic heterocycles. The lowest BCUT2D eigenvalue weighted by Crippen LogP contribution is -2.28. The number of thioether (sulfide) groups is 1. The van der Waals surface area contributed by atoms with Gasteiger partial charge in [-0.25, -0.2) is 4.90 Å². The van der Waals surface area contributed by atoms with Crippen LogP contribution >= 0.6 is 23.4 Å². The molecule has 0 N–H and O–H groups in total. The average molecular weight is 455 g/mol. The molecule has 31 heavy (non-hydrogen) atoms. The van der Waals surface area contributed by atoms with Crippen LogP contribution in [0.4, 0.5) is 16.2 Å². The molecule has 0 atom stereocenters. The Morgan fingerprint density at radius 2 is 1.90 bits per heavy atom. The number of nitro benzene ring substituents is 1. The molecule has 3 aromatic rings. The number of non-ortho nitro benzene ring substituents is 1. The van der Waals surface area contributed by atoms with E-state index in [1.54, 1.807) is 24.3 Å². The van der Waals surface area contributed by atoms with Crippen molar-refractivity contribution in [3.05, 3.63) is 85.5 Å². The van der Waals surface area contributed by atoms with E-state index < -0.39 is 10.8 Å². The topological polar surface area (TPSA) is 93.7 Å². The van der Waals surface area contributed by atoms with Crippen molar-refractivity contribution in [1.82, 2.24) is 0 Å². The second-order valence-electron chi connectivity index (χ2n) is 6.86. The maximum absolute atomic E-state index is 12.9. The number of halogens is 1. The third-order valence-corrected chi connectivity index (χ3v) is 6.12. The molecule has 0 spiro atoms. The quantitative estimate of drug-likeness (QED) is 0.258. The first-order valence-electron chi connectivity index (χ1n) is 9.14. The zero-order chi connectivity index (χ0) is 22.3. The van der Waals surface area contributed by atoms with Crippen LogP contribution in [0.5, 0.6) is 0 Å². The van der Waals surface area contributed by atoms with Gasteiger partial charge in [-0.3, -0.25) is 19.7 Å². The molecule has 2 heterocycles. The highest BCUT2D eigenvalue weighted by atomic mass is 35.5. The van der Waals surface area contributed by atoms with Crippen molar-refractivity contribution in [3.63, 3.8) is 0 Å². The number of rotatable bonds is 4. The summed E-state index contributed by atoms with van der Waals surface area (Å²) in [6.45, 7) is 3.78. The summed E-state index contributed by atoms with van der Waals surface area (Å²) in [5.74, 6) is 0.325. The molecule has 1 aliphatic rings. The Hall–Kier alpha value is -3.36. The van der Waals surface area contributed by atoms with Crippen LogP contribution in [-0.4, -0.2) is 16.1 Å². The fraction of sp³-hybridized carbons (Fsp3) is 0.0909. The van der Waals surface area contributed by atoms with Gasteiger partial charge < -0.3 is 4.42 Å². The third-order valence-electron chi connectivity index (χ3n) is 4.94. The van der Waals surface area contributed by atoms with Gasteiger partial charge in [0.25, 0.3) is 16.8 Å². The van der Waals surface area contributed by atoms with Gasteiger partial charge in [-0.1, -0.05) is 23.7 Å². The van der Waals surface area contributed by atoms with Gasteiger partial charge in [-0.2, -0.15) is 0 Å². The number of anilines is 1. The van der Waals surface area contributed by atoms with E-state index in [1.165, 1.54) is 24.3 Å². The smallest absolute Gasteiger partial charge is 0.298 e. The number of nitrogens with zero attached hydrogens (tertiary/aromatic N) is 2. The van der Waals surface area contributed by atoms with Crippen molar-refractivity contribution < 1.29 is 18.9 Å². The SMILES string of the molecule is Cc1cccc(N2C(=O)S/C(=C/c3ccc(-c4ccc([N+](=O)[O-])cc4Cl)o3)C2=O)c1C. The van der Waals surface area contributed by atoms with Crippen LogP contribution in [0.25, 0.3) is 17.4 Å². The summed E-state index contributed by atoms with van der Waals surface area (Å²) in [6.07, 6.45) is 1.50. The number of imide groups is 1. The molecule has 0 aliphatic carbocycles. The first kappa shape index (κ1) is 20.9. The summed E-state index contributed by atoms with van der Waals surface area (Å²) in [6, 6.07) is 12.8. The summed E-state index contributed by atoms with van der Waals surface area (Å²) in [5, 5.41) is 10.7. The number of furan rings is 1. The maximum atomic E-state index is 12.9. The average Bonchev–Trinajstić information content (AvgIpc) is 3.29. The second kappa shape index (κ2) is 8.05. The van der Waals surface area contributed by atoms with Crippen molar-refractivity contribution >= 4 is 52.0 Å². The van der Waals surface area contributed by atoms with E-state index in [-0.39, 0.29) is 20.9 Å². The molecule has 1 saturated heterocycles. The highest BCUT2D eigenvalue weighted by Crippen LogP contribution is 2.38. The van der Waals surface area contributed by atoms with Crippen LogP contribution in [0, 0.1) is 24.0 Å². The number of carbonyl (C=O) groups excluding carboxylic acids is 2. The molecule has 0 unspecified atom stereocenters. The lowest BCUT2D eigenvalue weighted by molar-refractivity contribution is -0.384. The van der Waals surface area contributed by atoms with Crippen LogP contribution in [0.3, 0.4) is 0 Å². The molecule has 2 aromatic carbocycles. The largest absolute Gasteiger partial charge is 0.457 e. The molecule has 0 radical (unpaired) electrons. The van der Waals surface area contributed by atoms with Crippen LogP contribution in [-0.2, 0) is 4.79 Å². The van der Waals surface area contributed by atoms with E-state index in [1.807, 2.05) is 19.9 Å². The third kappa shape index (κ3) is 3.87. The summed E-state index contributed by atoms with van der Waals surface area (Å²) in [5.41, 5.74) is 2.76. The molecule has 4 rings (SSSR count). The fourth-order valence-corrected chi connectivity index (χ4v) is 4.26. The highest BCUT2D eigenvalue weighted by Gasteiger charge is 2.37. The molecular formula is C22H15ClN2O5S. The second-order valence-corrected chi connectivity index (χ2v) is 8.26. The molecule has 1 aromatic heterocycles. The Bertz CT molecular complexity index is 1280.